The smallest absolute Gasteiger partial charge is 0.170 e. The molecule has 0 N–H and O–H groups in total. The molecule has 2 unspecified atom stereocenters. The number of halogens is 4. The van der Waals surface area contributed by atoms with Crippen LogP contribution in [0.3, 0.4) is 0 Å². The molecule has 0 aromatic carbocycles. The molecule has 0 saturated heterocycles. The molecule has 0 aliphatic heterocycles. The predicted molar refractivity (Wildman–Crippen MR) is 46.4 cm³/mol. The third kappa shape index (κ3) is 2.27. The summed E-state index contributed by atoms with van der Waals surface area (Å²) >= 11 is 5.63. The maximum Gasteiger partial charge on any atom is 0.395 e. The van der Waals surface area contributed by atoms with Gasteiger partial charge in [-0.05, 0) is 18.4 Å². The first kappa shape index (κ1) is 10.6. The van der Waals surface area contributed by atoms with Crippen LogP contribution in [0.5, 0.6) is 0 Å². The molecule has 0 saturated carbocycles. The molecule has 0 fully saturated rings. The fourth-order valence-corrected chi connectivity index (χ4v) is 1.61. The molecule has 0 amide bonds. The highest BCUT2D eigenvalue weighted by atomic mass is 35.5. The van der Waals surface area contributed by atoms with Crippen molar-refractivity contribution in [2.24, 2.45) is 11.8 Å². The molecule has 13 heavy (non-hydrogen) atoms. The molecule has 0 heterocycles. The first-order valence-electron chi connectivity index (χ1n) is 3.95. The molecule has 0 radical (unpaired) electrons. The Morgan fingerprint density at radius 2 is 1.85 bits per heavy atom. The van der Waals surface area contributed by atoms with Crippen molar-refractivity contribution in [2.75, 3.05) is 0 Å². The zero-order valence-corrected chi connectivity index (χ0v) is 8.08. The van der Waals surface area contributed by atoms with E-state index in [0.717, 1.165) is 11.6 Å². The monoisotopic (exact) mass is 210 g/mol. The van der Waals surface area contributed by atoms with Crippen LogP contribution >= 0.6 is 11.6 Å². The summed E-state index contributed by atoms with van der Waals surface area (Å²) in [5, 5.41) is 0.209. The van der Waals surface area contributed by atoms with Gasteiger partial charge in [-0.3, -0.25) is 0 Å². The van der Waals surface area contributed by atoms with Crippen molar-refractivity contribution in [1.29, 1.82) is 0 Å². The second-order valence-electron chi connectivity index (χ2n) is 3.29. The molecule has 0 nitrogen and oxygen atoms in total. The Hall–Kier alpha value is -0.440. The highest BCUT2D eigenvalue weighted by Crippen LogP contribution is 2.39. The Labute approximate surface area is 80.1 Å². The maximum absolute atomic E-state index is 12.4. The molecule has 1 aliphatic rings. The van der Waals surface area contributed by atoms with Gasteiger partial charge in [-0.2, -0.15) is 13.2 Å². The molecule has 1 aliphatic carbocycles. The summed E-state index contributed by atoms with van der Waals surface area (Å²) in [5.41, 5.74) is 0.717. The van der Waals surface area contributed by atoms with Gasteiger partial charge >= 0.3 is 6.18 Å². The summed E-state index contributed by atoms with van der Waals surface area (Å²) in [6, 6.07) is 0. The Morgan fingerprint density at radius 1 is 1.31 bits per heavy atom. The van der Waals surface area contributed by atoms with E-state index >= 15 is 0 Å². The largest absolute Gasteiger partial charge is 0.395 e. The van der Waals surface area contributed by atoms with Crippen LogP contribution in [-0.2, 0) is 0 Å². The number of rotatable bonds is 0. The van der Waals surface area contributed by atoms with E-state index in [1.54, 1.807) is 19.9 Å². The first-order chi connectivity index (χ1) is 5.82. The van der Waals surface area contributed by atoms with E-state index in [9.17, 15) is 13.2 Å². The van der Waals surface area contributed by atoms with E-state index in [1.807, 2.05) is 0 Å². The molecule has 0 spiro atoms. The van der Waals surface area contributed by atoms with Crippen LogP contribution in [-0.4, -0.2) is 6.18 Å². The number of hydrogen-bond acceptors (Lipinski definition) is 0. The van der Waals surface area contributed by atoms with Gasteiger partial charge in [-0.1, -0.05) is 30.7 Å². The first-order valence-corrected chi connectivity index (χ1v) is 4.33. The summed E-state index contributed by atoms with van der Waals surface area (Å²) in [7, 11) is 0. The van der Waals surface area contributed by atoms with Crippen molar-refractivity contribution in [3.8, 4) is 0 Å². The highest BCUT2D eigenvalue weighted by Gasteiger charge is 2.42. The Kier molecular flexibility index (Phi) is 2.76. The SMILES string of the molecule is CC1=CC(C)C(C(F)(F)F)C=C1Cl. The van der Waals surface area contributed by atoms with E-state index < -0.39 is 18.0 Å². The van der Waals surface area contributed by atoms with Crippen molar-refractivity contribution >= 4 is 11.6 Å². The minimum atomic E-state index is -4.20. The summed E-state index contributed by atoms with van der Waals surface area (Å²) in [5.74, 6) is -1.97. The van der Waals surface area contributed by atoms with Gasteiger partial charge in [-0.25, -0.2) is 0 Å². The number of allylic oxidation sites excluding steroid dienone is 4. The third-order valence-corrected chi connectivity index (χ3v) is 2.58. The maximum atomic E-state index is 12.4. The average molecular weight is 211 g/mol. The normalized spacial score (nSPS) is 29.7. The fraction of sp³-hybridized carbons (Fsp3) is 0.556. The van der Waals surface area contributed by atoms with Gasteiger partial charge in [0, 0.05) is 5.03 Å². The molecule has 0 bridgehead atoms. The standard InChI is InChI=1S/C9H10ClF3/c1-5-3-6(2)8(10)4-7(5)9(11,12)13/h3-5,7H,1-2H3. The molecule has 1 rings (SSSR count). The molecule has 74 valence electrons. The zero-order chi connectivity index (χ0) is 10.2. The quantitative estimate of drug-likeness (QED) is 0.569. The van der Waals surface area contributed by atoms with E-state index in [4.69, 9.17) is 11.6 Å². The summed E-state index contributed by atoms with van der Waals surface area (Å²) in [6.07, 6.45) is -1.56. The molecular weight excluding hydrogens is 201 g/mol. The molecule has 0 aromatic rings. The van der Waals surface area contributed by atoms with E-state index in [-0.39, 0.29) is 5.03 Å². The molecule has 0 aromatic heterocycles. The van der Waals surface area contributed by atoms with Crippen LogP contribution in [0.25, 0.3) is 0 Å². The number of hydrogen-bond donors (Lipinski definition) is 0. The van der Waals surface area contributed by atoms with Gasteiger partial charge in [0.25, 0.3) is 0 Å². The minimum Gasteiger partial charge on any atom is -0.170 e. The van der Waals surface area contributed by atoms with Crippen molar-refractivity contribution in [1.82, 2.24) is 0 Å². The highest BCUT2D eigenvalue weighted by molar-refractivity contribution is 6.32. The lowest BCUT2D eigenvalue weighted by Gasteiger charge is -2.25. The Bertz CT molecular complexity index is 263. The average Bonchev–Trinajstić information content (AvgIpc) is 1.94. The molecule has 2 atom stereocenters. The number of alkyl halides is 3. The predicted octanol–water partition coefficient (Wildman–Crippen LogP) is 3.88. The van der Waals surface area contributed by atoms with Crippen LogP contribution in [0.1, 0.15) is 13.8 Å². The van der Waals surface area contributed by atoms with Gasteiger partial charge in [0.1, 0.15) is 0 Å². The van der Waals surface area contributed by atoms with Gasteiger partial charge < -0.3 is 0 Å². The van der Waals surface area contributed by atoms with Crippen LogP contribution in [0.2, 0.25) is 0 Å². The Morgan fingerprint density at radius 3 is 2.31 bits per heavy atom. The second kappa shape index (κ2) is 3.37. The van der Waals surface area contributed by atoms with Gasteiger partial charge in [0.15, 0.2) is 0 Å². The topological polar surface area (TPSA) is 0 Å². The van der Waals surface area contributed by atoms with Crippen LogP contribution in [0.15, 0.2) is 22.8 Å². The van der Waals surface area contributed by atoms with E-state index in [0.29, 0.717) is 0 Å². The Balaban J connectivity index is 2.94. The van der Waals surface area contributed by atoms with Crippen molar-refractivity contribution < 1.29 is 13.2 Å². The molecule has 4 heteroatoms. The van der Waals surface area contributed by atoms with Crippen LogP contribution in [0.4, 0.5) is 13.2 Å². The van der Waals surface area contributed by atoms with Crippen molar-refractivity contribution in [2.45, 2.75) is 20.0 Å². The minimum absolute atomic E-state index is 0.209. The fourth-order valence-electron chi connectivity index (χ4n) is 1.41. The van der Waals surface area contributed by atoms with Gasteiger partial charge in [0.2, 0.25) is 0 Å². The zero-order valence-electron chi connectivity index (χ0n) is 7.32. The summed E-state index contributed by atoms with van der Waals surface area (Å²) < 4.78 is 37.1. The van der Waals surface area contributed by atoms with Crippen LogP contribution < -0.4 is 0 Å². The lowest BCUT2D eigenvalue weighted by Crippen LogP contribution is -2.28. The summed E-state index contributed by atoms with van der Waals surface area (Å²) in [6.45, 7) is 3.25. The summed E-state index contributed by atoms with van der Waals surface area (Å²) in [4.78, 5) is 0. The lowest BCUT2D eigenvalue weighted by molar-refractivity contribution is -0.169. The van der Waals surface area contributed by atoms with E-state index in [1.165, 1.54) is 0 Å². The third-order valence-electron chi connectivity index (χ3n) is 2.16. The lowest BCUT2D eigenvalue weighted by atomic mass is 9.87. The molecular formula is C9H10ClF3. The van der Waals surface area contributed by atoms with Gasteiger partial charge in [-0.15, -0.1) is 0 Å². The second-order valence-corrected chi connectivity index (χ2v) is 3.70. The van der Waals surface area contributed by atoms with Crippen molar-refractivity contribution in [3.63, 3.8) is 0 Å². The van der Waals surface area contributed by atoms with E-state index in [2.05, 4.69) is 0 Å². The van der Waals surface area contributed by atoms with Crippen molar-refractivity contribution in [3.05, 3.63) is 22.8 Å². The van der Waals surface area contributed by atoms with Gasteiger partial charge in [0.05, 0.1) is 5.92 Å². The van der Waals surface area contributed by atoms with Crippen LogP contribution in [0, 0.1) is 11.8 Å².